The van der Waals surface area contributed by atoms with Crippen LogP contribution >= 0.6 is 0 Å². The average molecular weight is 195 g/mol. The average Bonchev–Trinajstić information content (AvgIpc) is 2.70. The Kier molecular flexibility index (Phi) is 1.63. The molecule has 2 aromatic heterocycles. The van der Waals surface area contributed by atoms with E-state index in [1.807, 2.05) is 0 Å². The third-order valence-electron chi connectivity index (χ3n) is 1.35. The summed E-state index contributed by atoms with van der Waals surface area (Å²) in [5.74, 6) is -0.785. The normalized spacial score (nSPS) is 10.3. The van der Waals surface area contributed by atoms with Crippen LogP contribution in [0.5, 0.6) is 0 Å². The molecular formula is C5H5N7O2. The molecule has 0 spiro atoms. The molecule has 0 radical (unpaired) electrons. The van der Waals surface area contributed by atoms with Crippen molar-refractivity contribution in [2.24, 2.45) is 5.73 Å². The molecule has 0 aliphatic heterocycles. The number of hydrogen-bond acceptors (Lipinski definition) is 7. The molecule has 0 atom stereocenters. The summed E-state index contributed by atoms with van der Waals surface area (Å²) in [7, 11) is 0. The highest BCUT2D eigenvalue weighted by molar-refractivity contribution is 5.88. The van der Waals surface area contributed by atoms with Gasteiger partial charge in [0, 0.05) is 0 Å². The van der Waals surface area contributed by atoms with Gasteiger partial charge in [0.25, 0.3) is 17.6 Å². The van der Waals surface area contributed by atoms with Crippen molar-refractivity contribution in [3.8, 4) is 11.7 Å². The number of rotatable bonds is 2. The third kappa shape index (κ3) is 1.26. The van der Waals surface area contributed by atoms with Crippen molar-refractivity contribution in [2.45, 2.75) is 0 Å². The fourth-order valence-electron chi connectivity index (χ4n) is 0.790. The van der Waals surface area contributed by atoms with Crippen LogP contribution in [0.4, 0.5) is 5.95 Å². The largest absolute Gasteiger partial charge is 0.366 e. The fourth-order valence-corrected chi connectivity index (χ4v) is 0.790. The molecular weight excluding hydrogens is 190 g/mol. The number of anilines is 1. The van der Waals surface area contributed by atoms with Gasteiger partial charge in [0.1, 0.15) is 0 Å². The van der Waals surface area contributed by atoms with E-state index in [-0.39, 0.29) is 23.5 Å². The van der Waals surface area contributed by atoms with Gasteiger partial charge in [-0.25, -0.2) is 0 Å². The van der Waals surface area contributed by atoms with Gasteiger partial charge in [-0.15, -0.1) is 5.10 Å². The number of nitrogens with two attached hydrogens (primary N) is 2. The Balaban J connectivity index is 2.38. The van der Waals surface area contributed by atoms with E-state index in [4.69, 9.17) is 11.5 Å². The molecule has 9 heteroatoms. The Morgan fingerprint density at radius 3 is 2.71 bits per heavy atom. The zero-order valence-electron chi connectivity index (χ0n) is 6.76. The van der Waals surface area contributed by atoms with Gasteiger partial charge in [-0.05, 0) is 0 Å². The number of carbonyl (C=O) groups excluding carboxylic acids is 1. The van der Waals surface area contributed by atoms with Crippen LogP contribution < -0.4 is 11.5 Å². The third-order valence-corrected chi connectivity index (χ3v) is 1.35. The second-order valence-corrected chi connectivity index (χ2v) is 2.33. The molecule has 0 aliphatic carbocycles. The molecule has 0 aromatic carbocycles. The predicted molar refractivity (Wildman–Crippen MR) is 42.6 cm³/mol. The van der Waals surface area contributed by atoms with Gasteiger partial charge in [-0.2, -0.15) is 9.97 Å². The SMILES string of the molecule is NC(=O)c1noc(-c2nc(N)n[nH]2)n1. The Morgan fingerprint density at radius 1 is 1.43 bits per heavy atom. The van der Waals surface area contributed by atoms with E-state index in [0.29, 0.717) is 0 Å². The van der Waals surface area contributed by atoms with E-state index in [1.165, 1.54) is 0 Å². The van der Waals surface area contributed by atoms with Crippen molar-refractivity contribution < 1.29 is 9.32 Å². The van der Waals surface area contributed by atoms with E-state index in [1.54, 1.807) is 0 Å². The monoisotopic (exact) mass is 195 g/mol. The number of nitrogens with one attached hydrogen (secondary N) is 1. The Bertz CT molecular complexity index is 472. The number of carbonyl (C=O) groups is 1. The molecule has 14 heavy (non-hydrogen) atoms. The summed E-state index contributed by atoms with van der Waals surface area (Å²) in [5, 5.41) is 9.30. The van der Waals surface area contributed by atoms with Crippen molar-refractivity contribution in [3.63, 3.8) is 0 Å². The summed E-state index contributed by atoms with van der Waals surface area (Å²) in [4.78, 5) is 18.0. The van der Waals surface area contributed by atoms with Crippen molar-refractivity contribution in [3.05, 3.63) is 5.82 Å². The van der Waals surface area contributed by atoms with Crippen molar-refractivity contribution in [1.82, 2.24) is 25.3 Å². The van der Waals surface area contributed by atoms with Crippen LogP contribution in [0, 0.1) is 0 Å². The molecule has 2 aromatic rings. The smallest absolute Gasteiger partial charge is 0.295 e. The molecule has 2 rings (SSSR count). The molecule has 72 valence electrons. The molecule has 5 N–H and O–H groups in total. The first-order chi connectivity index (χ1) is 6.66. The summed E-state index contributed by atoms with van der Waals surface area (Å²) < 4.78 is 4.67. The van der Waals surface area contributed by atoms with E-state index in [9.17, 15) is 4.79 Å². The van der Waals surface area contributed by atoms with Crippen LogP contribution in [0.3, 0.4) is 0 Å². The summed E-state index contributed by atoms with van der Waals surface area (Å²) in [5.41, 5.74) is 10.2. The van der Waals surface area contributed by atoms with E-state index in [2.05, 4.69) is 29.8 Å². The lowest BCUT2D eigenvalue weighted by Gasteiger charge is -1.80. The van der Waals surface area contributed by atoms with Crippen molar-refractivity contribution in [2.75, 3.05) is 5.73 Å². The first-order valence-corrected chi connectivity index (χ1v) is 3.48. The van der Waals surface area contributed by atoms with Gasteiger partial charge in [-0.3, -0.25) is 9.89 Å². The van der Waals surface area contributed by atoms with E-state index < -0.39 is 5.91 Å². The second-order valence-electron chi connectivity index (χ2n) is 2.33. The molecule has 0 bridgehead atoms. The molecule has 0 saturated heterocycles. The Labute approximate surface area is 76.5 Å². The molecule has 0 aliphatic rings. The summed E-state index contributed by atoms with van der Waals surface area (Å²) in [6, 6.07) is 0. The van der Waals surface area contributed by atoms with Crippen LogP contribution in [0.15, 0.2) is 4.52 Å². The maximum atomic E-state index is 10.6. The van der Waals surface area contributed by atoms with Crippen LogP contribution in [0.2, 0.25) is 0 Å². The van der Waals surface area contributed by atoms with Gasteiger partial charge >= 0.3 is 0 Å². The summed E-state index contributed by atoms with van der Waals surface area (Å²) >= 11 is 0. The minimum absolute atomic E-state index is 0.00278. The fraction of sp³-hybridized carbons (Fsp3) is 0. The second kappa shape index (κ2) is 2.80. The van der Waals surface area contributed by atoms with Gasteiger partial charge in [0.2, 0.25) is 11.8 Å². The number of primary amides is 1. The molecule has 0 saturated carbocycles. The predicted octanol–water partition coefficient (Wildman–Crippen LogP) is -1.46. The van der Waals surface area contributed by atoms with Gasteiger partial charge in [-0.1, -0.05) is 5.16 Å². The first-order valence-electron chi connectivity index (χ1n) is 3.48. The maximum absolute atomic E-state index is 10.6. The number of H-pyrrole nitrogens is 1. The number of nitrogen functional groups attached to an aromatic ring is 1. The highest BCUT2D eigenvalue weighted by Crippen LogP contribution is 2.11. The minimum atomic E-state index is -0.785. The summed E-state index contributed by atoms with van der Waals surface area (Å²) in [6.45, 7) is 0. The molecule has 0 fully saturated rings. The lowest BCUT2D eigenvalue weighted by Crippen LogP contribution is -2.12. The standard InChI is InChI=1S/C5H5N7O2/c6-1(13)2-8-4(14-12-2)3-9-5(7)11-10-3/h(H2,6,13)(H3,7,9,10,11). The van der Waals surface area contributed by atoms with Crippen molar-refractivity contribution >= 4 is 11.9 Å². The Hall–Kier alpha value is -2.45. The summed E-state index contributed by atoms with van der Waals surface area (Å²) in [6.07, 6.45) is 0. The Morgan fingerprint density at radius 2 is 2.21 bits per heavy atom. The minimum Gasteiger partial charge on any atom is -0.366 e. The topological polar surface area (TPSA) is 150 Å². The van der Waals surface area contributed by atoms with Gasteiger partial charge in [0.15, 0.2) is 0 Å². The van der Waals surface area contributed by atoms with Crippen LogP contribution in [-0.2, 0) is 0 Å². The van der Waals surface area contributed by atoms with Crippen molar-refractivity contribution in [1.29, 1.82) is 0 Å². The van der Waals surface area contributed by atoms with Gasteiger partial charge in [0.05, 0.1) is 0 Å². The zero-order valence-corrected chi connectivity index (χ0v) is 6.76. The highest BCUT2D eigenvalue weighted by Gasteiger charge is 2.15. The molecule has 9 nitrogen and oxygen atoms in total. The van der Waals surface area contributed by atoms with Gasteiger partial charge < -0.3 is 16.0 Å². The van der Waals surface area contributed by atoms with E-state index >= 15 is 0 Å². The number of nitrogens with zero attached hydrogens (tertiary/aromatic N) is 4. The number of hydrogen-bond donors (Lipinski definition) is 3. The lowest BCUT2D eigenvalue weighted by atomic mass is 10.5. The highest BCUT2D eigenvalue weighted by atomic mass is 16.5. The van der Waals surface area contributed by atoms with Crippen LogP contribution in [-0.4, -0.2) is 31.2 Å². The quantitative estimate of drug-likeness (QED) is 0.529. The van der Waals surface area contributed by atoms with E-state index in [0.717, 1.165) is 0 Å². The number of aromatic nitrogens is 5. The van der Waals surface area contributed by atoms with Crippen LogP contribution in [0.25, 0.3) is 11.7 Å². The number of amides is 1. The lowest BCUT2D eigenvalue weighted by molar-refractivity contribution is 0.0987. The molecule has 2 heterocycles. The number of aromatic amines is 1. The first kappa shape index (κ1) is 8.16. The molecule has 0 unspecified atom stereocenters. The zero-order chi connectivity index (χ0) is 10.1. The maximum Gasteiger partial charge on any atom is 0.295 e. The van der Waals surface area contributed by atoms with Crippen LogP contribution in [0.1, 0.15) is 10.6 Å². The molecule has 1 amide bonds.